The van der Waals surface area contributed by atoms with Crippen molar-refractivity contribution in [3.8, 4) is 0 Å². The lowest BCUT2D eigenvalue weighted by Crippen LogP contribution is -2.45. The van der Waals surface area contributed by atoms with Crippen molar-refractivity contribution in [2.45, 2.75) is 38.3 Å². The maximum absolute atomic E-state index is 12.0. The zero-order valence-corrected chi connectivity index (χ0v) is 14.4. The fourth-order valence-corrected chi connectivity index (χ4v) is 3.27. The molecule has 1 saturated heterocycles. The molecule has 1 aliphatic heterocycles. The molecule has 1 N–H and O–H groups in total. The predicted molar refractivity (Wildman–Crippen MR) is 83.3 cm³/mol. The van der Waals surface area contributed by atoms with Crippen molar-refractivity contribution in [2.24, 2.45) is 5.92 Å². The molecule has 0 bridgehead atoms. The third-order valence-electron chi connectivity index (χ3n) is 3.99. The van der Waals surface area contributed by atoms with Gasteiger partial charge in [-0.3, -0.25) is 4.79 Å². The van der Waals surface area contributed by atoms with E-state index in [4.69, 9.17) is 4.42 Å². The van der Waals surface area contributed by atoms with Crippen LogP contribution in [0.15, 0.2) is 19.6 Å². The number of likely N-dealkylation sites (tertiary alicyclic amines) is 1. The molecule has 1 aromatic rings. The van der Waals surface area contributed by atoms with Crippen molar-refractivity contribution in [1.29, 1.82) is 0 Å². The minimum Gasteiger partial charge on any atom is -0.452 e. The molecule has 2 aliphatic rings. The number of halogens is 2. The summed E-state index contributed by atoms with van der Waals surface area (Å²) in [4.78, 5) is 14.0. The van der Waals surface area contributed by atoms with Crippen molar-refractivity contribution < 1.29 is 9.21 Å². The molecule has 2 heterocycles. The SMILES string of the molecule is O=C(C1CC1)N1CCC(NCc2cc(Br)c(Br)o2)CC1. The summed E-state index contributed by atoms with van der Waals surface area (Å²) in [7, 11) is 0. The Labute approximate surface area is 135 Å². The number of nitrogens with zero attached hydrogens (tertiary/aromatic N) is 1. The van der Waals surface area contributed by atoms with Crippen molar-refractivity contribution in [1.82, 2.24) is 10.2 Å². The molecule has 1 amide bonds. The van der Waals surface area contributed by atoms with E-state index in [1.165, 1.54) is 0 Å². The van der Waals surface area contributed by atoms with E-state index in [9.17, 15) is 4.79 Å². The quantitative estimate of drug-likeness (QED) is 0.835. The Hall–Kier alpha value is -0.330. The first-order chi connectivity index (χ1) is 9.63. The Kier molecular flexibility index (Phi) is 4.52. The van der Waals surface area contributed by atoms with E-state index in [0.29, 0.717) is 17.9 Å². The lowest BCUT2D eigenvalue weighted by atomic mass is 10.0. The molecule has 1 aromatic heterocycles. The number of carbonyl (C=O) groups is 1. The minimum atomic E-state index is 0.345. The molecule has 4 nitrogen and oxygen atoms in total. The lowest BCUT2D eigenvalue weighted by molar-refractivity contribution is -0.133. The monoisotopic (exact) mass is 404 g/mol. The number of rotatable bonds is 4. The smallest absolute Gasteiger partial charge is 0.225 e. The van der Waals surface area contributed by atoms with Crippen LogP contribution in [0.4, 0.5) is 0 Å². The highest BCUT2D eigenvalue weighted by Crippen LogP contribution is 2.32. The Morgan fingerprint density at radius 3 is 2.55 bits per heavy atom. The minimum absolute atomic E-state index is 0.345. The average Bonchev–Trinajstić information content (AvgIpc) is 3.24. The van der Waals surface area contributed by atoms with Crippen LogP contribution in [0.1, 0.15) is 31.4 Å². The Bertz CT molecular complexity index is 472. The summed E-state index contributed by atoms with van der Waals surface area (Å²) in [6.07, 6.45) is 4.25. The molecular formula is C14H18Br2N2O2. The molecule has 0 aromatic carbocycles. The predicted octanol–water partition coefficient (Wildman–Crippen LogP) is 3.30. The second-order valence-corrected chi connectivity index (χ2v) is 7.16. The van der Waals surface area contributed by atoms with Gasteiger partial charge in [-0.15, -0.1) is 0 Å². The summed E-state index contributed by atoms with van der Waals surface area (Å²) in [6.45, 7) is 2.50. The van der Waals surface area contributed by atoms with Crippen molar-refractivity contribution in [3.63, 3.8) is 0 Å². The Balaban J connectivity index is 1.43. The van der Waals surface area contributed by atoms with E-state index in [-0.39, 0.29) is 0 Å². The summed E-state index contributed by atoms with van der Waals surface area (Å²) >= 11 is 6.75. The molecule has 1 aliphatic carbocycles. The number of carbonyl (C=O) groups excluding carboxylic acids is 1. The molecule has 3 rings (SSSR count). The van der Waals surface area contributed by atoms with Gasteiger partial charge in [-0.25, -0.2) is 0 Å². The number of hydrogen-bond acceptors (Lipinski definition) is 3. The highest BCUT2D eigenvalue weighted by molar-refractivity contribution is 9.13. The van der Waals surface area contributed by atoms with E-state index in [1.807, 2.05) is 11.0 Å². The van der Waals surface area contributed by atoms with Gasteiger partial charge in [-0.1, -0.05) is 0 Å². The summed E-state index contributed by atoms with van der Waals surface area (Å²) in [5.41, 5.74) is 0. The van der Waals surface area contributed by atoms with Crippen molar-refractivity contribution >= 4 is 37.8 Å². The summed E-state index contributed by atoms with van der Waals surface area (Å²) in [5.74, 6) is 1.64. The first-order valence-electron chi connectivity index (χ1n) is 7.09. The van der Waals surface area contributed by atoms with E-state index in [2.05, 4.69) is 37.2 Å². The third kappa shape index (κ3) is 3.46. The van der Waals surface area contributed by atoms with E-state index >= 15 is 0 Å². The normalized spacial score (nSPS) is 20.4. The Morgan fingerprint density at radius 2 is 2.00 bits per heavy atom. The van der Waals surface area contributed by atoms with Gasteiger partial charge in [0.2, 0.25) is 5.91 Å². The van der Waals surface area contributed by atoms with Gasteiger partial charge in [0, 0.05) is 25.0 Å². The fraction of sp³-hybridized carbons (Fsp3) is 0.643. The first-order valence-corrected chi connectivity index (χ1v) is 8.68. The van der Waals surface area contributed by atoms with Crippen LogP contribution in [-0.2, 0) is 11.3 Å². The van der Waals surface area contributed by atoms with Gasteiger partial charge in [0.15, 0.2) is 4.67 Å². The molecule has 20 heavy (non-hydrogen) atoms. The van der Waals surface area contributed by atoms with Gasteiger partial charge in [0.1, 0.15) is 5.76 Å². The second kappa shape index (κ2) is 6.20. The maximum Gasteiger partial charge on any atom is 0.225 e. The molecule has 0 atom stereocenters. The molecule has 0 radical (unpaired) electrons. The van der Waals surface area contributed by atoms with E-state index < -0.39 is 0 Å². The standard InChI is InChI=1S/C14H18Br2N2O2/c15-12-7-11(20-13(12)16)8-17-10-3-5-18(6-4-10)14(19)9-1-2-9/h7,9-10,17H,1-6,8H2. The van der Waals surface area contributed by atoms with Gasteiger partial charge in [-0.05, 0) is 63.6 Å². The lowest BCUT2D eigenvalue weighted by Gasteiger charge is -2.32. The van der Waals surface area contributed by atoms with Crippen LogP contribution in [-0.4, -0.2) is 29.9 Å². The van der Waals surface area contributed by atoms with Gasteiger partial charge in [0.25, 0.3) is 0 Å². The van der Waals surface area contributed by atoms with Crippen LogP contribution < -0.4 is 5.32 Å². The summed E-state index contributed by atoms with van der Waals surface area (Å²) in [5, 5.41) is 3.51. The molecule has 1 saturated carbocycles. The van der Waals surface area contributed by atoms with Crippen LogP contribution in [0.3, 0.4) is 0 Å². The first kappa shape index (κ1) is 14.6. The highest BCUT2D eigenvalue weighted by atomic mass is 79.9. The third-order valence-corrected chi connectivity index (χ3v) is 5.70. The van der Waals surface area contributed by atoms with Crippen LogP contribution >= 0.6 is 31.9 Å². The maximum atomic E-state index is 12.0. The van der Waals surface area contributed by atoms with Gasteiger partial charge in [-0.2, -0.15) is 0 Å². The Morgan fingerprint density at radius 1 is 1.30 bits per heavy atom. The summed E-state index contributed by atoms with van der Waals surface area (Å²) in [6, 6.07) is 2.45. The molecule has 110 valence electrons. The highest BCUT2D eigenvalue weighted by Gasteiger charge is 2.34. The number of piperidine rings is 1. The molecule has 6 heteroatoms. The molecule has 2 fully saturated rings. The largest absolute Gasteiger partial charge is 0.452 e. The van der Waals surface area contributed by atoms with Crippen LogP contribution in [0.25, 0.3) is 0 Å². The van der Waals surface area contributed by atoms with Gasteiger partial charge >= 0.3 is 0 Å². The number of nitrogens with one attached hydrogen (secondary N) is 1. The van der Waals surface area contributed by atoms with E-state index in [1.54, 1.807) is 0 Å². The van der Waals surface area contributed by atoms with Crippen molar-refractivity contribution in [2.75, 3.05) is 13.1 Å². The number of hydrogen-bond donors (Lipinski definition) is 1. The summed E-state index contributed by atoms with van der Waals surface area (Å²) < 4.78 is 7.23. The zero-order chi connectivity index (χ0) is 14.1. The number of amides is 1. The van der Waals surface area contributed by atoms with E-state index in [0.717, 1.165) is 60.2 Å². The van der Waals surface area contributed by atoms with Crippen LogP contribution in [0.2, 0.25) is 0 Å². The average molecular weight is 406 g/mol. The second-order valence-electron chi connectivity index (χ2n) is 5.59. The van der Waals surface area contributed by atoms with Crippen LogP contribution in [0.5, 0.6) is 0 Å². The van der Waals surface area contributed by atoms with Gasteiger partial charge < -0.3 is 14.6 Å². The van der Waals surface area contributed by atoms with Crippen molar-refractivity contribution in [3.05, 3.63) is 21.0 Å². The zero-order valence-electron chi connectivity index (χ0n) is 11.2. The molecule has 0 unspecified atom stereocenters. The fourth-order valence-electron chi connectivity index (χ4n) is 2.62. The molecular weight excluding hydrogens is 388 g/mol. The van der Waals surface area contributed by atoms with Crippen LogP contribution in [0, 0.1) is 5.92 Å². The van der Waals surface area contributed by atoms with Gasteiger partial charge in [0.05, 0.1) is 11.0 Å². The molecule has 0 spiro atoms. The topological polar surface area (TPSA) is 45.5 Å². The number of furan rings is 1.